The lowest BCUT2D eigenvalue weighted by atomic mass is 9.96. The van der Waals surface area contributed by atoms with Gasteiger partial charge in [0.05, 0.1) is 12.5 Å². The lowest BCUT2D eigenvalue weighted by Gasteiger charge is -2.22. The van der Waals surface area contributed by atoms with Crippen LogP contribution in [0.5, 0.6) is 0 Å². The van der Waals surface area contributed by atoms with Gasteiger partial charge in [0.2, 0.25) is 0 Å². The van der Waals surface area contributed by atoms with Crippen molar-refractivity contribution in [2.24, 2.45) is 5.92 Å². The summed E-state index contributed by atoms with van der Waals surface area (Å²) in [4.78, 5) is 16.9. The van der Waals surface area contributed by atoms with Crippen molar-refractivity contribution in [3.63, 3.8) is 0 Å². The van der Waals surface area contributed by atoms with Crippen molar-refractivity contribution in [2.75, 3.05) is 19.6 Å². The third kappa shape index (κ3) is 3.71. The van der Waals surface area contributed by atoms with Gasteiger partial charge in [0, 0.05) is 6.54 Å². The Kier molecular flexibility index (Phi) is 4.67. The fourth-order valence-corrected chi connectivity index (χ4v) is 3.34. The molecule has 112 valence electrons. The van der Waals surface area contributed by atoms with Crippen LogP contribution in [0.1, 0.15) is 28.9 Å². The lowest BCUT2D eigenvalue weighted by Crippen LogP contribution is -2.33. The predicted molar refractivity (Wildman–Crippen MR) is 82.4 cm³/mol. The van der Waals surface area contributed by atoms with Crippen LogP contribution in [0.15, 0.2) is 29.0 Å². The van der Waals surface area contributed by atoms with E-state index < -0.39 is 0 Å². The normalized spacial score (nSPS) is 18.6. The first-order valence-corrected chi connectivity index (χ1v) is 8.13. The van der Waals surface area contributed by atoms with E-state index in [1.165, 1.54) is 24.2 Å². The SMILES string of the molecule is O=C(NCCC1CCCNC1)c1cnc(-c2ccco2)s1. The van der Waals surface area contributed by atoms with Crippen LogP contribution < -0.4 is 10.6 Å². The Morgan fingerprint density at radius 2 is 2.52 bits per heavy atom. The van der Waals surface area contributed by atoms with E-state index in [1.807, 2.05) is 12.1 Å². The number of amides is 1. The molecule has 2 N–H and O–H groups in total. The van der Waals surface area contributed by atoms with E-state index in [4.69, 9.17) is 4.42 Å². The van der Waals surface area contributed by atoms with Crippen LogP contribution in [0, 0.1) is 5.92 Å². The maximum absolute atomic E-state index is 12.1. The van der Waals surface area contributed by atoms with Crippen LogP contribution in [-0.4, -0.2) is 30.5 Å². The van der Waals surface area contributed by atoms with E-state index in [1.54, 1.807) is 12.5 Å². The summed E-state index contributed by atoms with van der Waals surface area (Å²) in [5, 5.41) is 7.11. The molecule has 2 aromatic heterocycles. The van der Waals surface area contributed by atoms with Crippen molar-refractivity contribution < 1.29 is 9.21 Å². The molecular formula is C15H19N3O2S. The zero-order valence-corrected chi connectivity index (χ0v) is 12.6. The van der Waals surface area contributed by atoms with Gasteiger partial charge in [0.15, 0.2) is 10.8 Å². The molecule has 2 aromatic rings. The zero-order chi connectivity index (χ0) is 14.5. The summed E-state index contributed by atoms with van der Waals surface area (Å²) in [7, 11) is 0. The number of hydrogen-bond acceptors (Lipinski definition) is 5. The van der Waals surface area contributed by atoms with Gasteiger partial charge in [-0.05, 0) is 50.4 Å². The standard InChI is InChI=1S/C15H19N3O2S/c19-14(17-7-5-11-3-1-6-16-9-11)13-10-18-15(21-13)12-4-2-8-20-12/h2,4,8,10-11,16H,1,3,5-7,9H2,(H,17,19). The van der Waals surface area contributed by atoms with Crippen LogP contribution in [0.4, 0.5) is 0 Å². The predicted octanol–water partition coefficient (Wildman–Crippen LogP) is 2.52. The summed E-state index contributed by atoms with van der Waals surface area (Å²) in [6.45, 7) is 2.91. The van der Waals surface area contributed by atoms with Gasteiger partial charge in [-0.15, -0.1) is 11.3 Å². The first-order valence-electron chi connectivity index (χ1n) is 7.31. The maximum Gasteiger partial charge on any atom is 0.263 e. The number of rotatable bonds is 5. The van der Waals surface area contributed by atoms with Gasteiger partial charge in [0.25, 0.3) is 5.91 Å². The molecule has 0 aliphatic carbocycles. The quantitative estimate of drug-likeness (QED) is 0.891. The van der Waals surface area contributed by atoms with Crippen LogP contribution in [0.25, 0.3) is 10.8 Å². The van der Waals surface area contributed by atoms with Crippen LogP contribution >= 0.6 is 11.3 Å². The lowest BCUT2D eigenvalue weighted by molar-refractivity contribution is 0.0954. The summed E-state index contributed by atoms with van der Waals surface area (Å²) in [5.74, 6) is 1.33. The molecule has 1 saturated heterocycles. The highest BCUT2D eigenvalue weighted by atomic mass is 32.1. The van der Waals surface area contributed by atoms with Crippen LogP contribution in [0.3, 0.4) is 0 Å². The van der Waals surface area contributed by atoms with Gasteiger partial charge in [-0.25, -0.2) is 4.98 Å². The van der Waals surface area contributed by atoms with E-state index in [2.05, 4.69) is 15.6 Å². The Morgan fingerprint density at radius 1 is 1.57 bits per heavy atom. The first-order chi connectivity index (χ1) is 10.3. The minimum Gasteiger partial charge on any atom is -0.462 e. The Hall–Kier alpha value is -1.66. The second-order valence-corrected chi connectivity index (χ2v) is 6.29. The van der Waals surface area contributed by atoms with Crippen molar-refractivity contribution in [2.45, 2.75) is 19.3 Å². The molecule has 6 heteroatoms. The molecule has 3 rings (SSSR count). The minimum atomic E-state index is -0.0472. The Balaban J connectivity index is 1.49. The summed E-state index contributed by atoms with van der Waals surface area (Å²) in [6.07, 6.45) is 6.74. The molecule has 0 radical (unpaired) electrons. The second-order valence-electron chi connectivity index (χ2n) is 5.26. The number of carbonyl (C=O) groups excluding carboxylic acids is 1. The molecule has 0 bridgehead atoms. The fourth-order valence-electron chi connectivity index (χ4n) is 2.54. The second kappa shape index (κ2) is 6.87. The van der Waals surface area contributed by atoms with Crippen LogP contribution in [0.2, 0.25) is 0 Å². The van der Waals surface area contributed by atoms with Gasteiger partial charge >= 0.3 is 0 Å². The third-order valence-corrected chi connectivity index (χ3v) is 4.71. The van der Waals surface area contributed by atoms with Crippen molar-refractivity contribution in [3.8, 4) is 10.8 Å². The maximum atomic E-state index is 12.1. The van der Waals surface area contributed by atoms with Gasteiger partial charge in [-0.1, -0.05) is 0 Å². The van der Waals surface area contributed by atoms with Crippen molar-refractivity contribution >= 4 is 17.2 Å². The molecule has 0 aromatic carbocycles. The van der Waals surface area contributed by atoms with E-state index in [0.29, 0.717) is 16.6 Å². The molecule has 3 heterocycles. The van der Waals surface area contributed by atoms with E-state index >= 15 is 0 Å². The number of furan rings is 1. The molecule has 1 amide bonds. The van der Waals surface area contributed by atoms with E-state index in [9.17, 15) is 4.79 Å². The molecule has 1 atom stereocenters. The Morgan fingerprint density at radius 3 is 3.29 bits per heavy atom. The van der Waals surface area contributed by atoms with Gasteiger partial charge in [-0.2, -0.15) is 0 Å². The minimum absolute atomic E-state index is 0.0472. The molecule has 1 aliphatic heterocycles. The number of thiazole rings is 1. The van der Waals surface area contributed by atoms with E-state index in [0.717, 1.165) is 31.1 Å². The Bertz CT molecular complexity index is 574. The first kappa shape index (κ1) is 14.3. The van der Waals surface area contributed by atoms with Crippen LogP contribution in [-0.2, 0) is 0 Å². The molecule has 1 fully saturated rings. The largest absolute Gasteiger partial charge is 0.462 e. The molecule has 21 heavy (non-hydrogen) atoms. The molecule has 0 saturated carbocycles. The molecule has 1 unspecified atom stereocenters. The zero-order valence-electron chi connectivity index (χ0n) is 11.8. The highest BCUT2D eigenvalue weighted by Crippen LogP contribution is 2.25. The van der Waals surface area contributed by atoms with Gasteiger partial charge in [0.1, 0.15) is 4.88 Å². The number of nitrogens with one attached hydrogen (secondary N) is 2. The summed E-state index contributed by atoms with van der Waals surface area (Å²) in [6, 6.07) is 3.66. The number of carbonyl (C=O) groups is 1. The number of nitrogens with zero attached hydrogens (tertiary/aromatic N) is 1. The third-order valence-electron chi connectivity index (χ3n) is 3.70. The molecule has 1 aliphatic rings. The van der Waals surface area contributed by atoms with Crippen molar-refractivity contribution in [1.29, 1.82) is 0 Å². The van der Waals surface area contributed by atoms with Crippen molar-refractivity contribution in [3.05, 3.63) is 29.5 Å². The fraction of sp³-hybridized carbons (Fsp3) is 0.467. The number of hydrogen-bond donors (Lipinski definition) is 2. The number of aromatic nitrogens is 1. The monoisotopic (exact) mass is 305 g/mol. The average molecular weight is 305 g/mol. The highest BCUT2D eigenvalue weighted by molar-refractivity contribution is 7.16. The Labute approximate surface area is 127 Å². The van der Waals surface area contributed by atoms with Gasteiger partial charge < -0.3 is 15.1 Å². The summed E-state index contributed by atoms with van der Waals surface area (Å²) < 4.78 is 5.28. The number of piperidine rings is 1. The smallest absolute Gasteiger partial charge is 0.263 e. The van der Waals surface area contributed by atoms with Gasteiger partial charge in [-0.3, -0.25) is 4.79 Å². The van der Waals surface area contributed by atoms with Crippen molar-refractivity contribution in [1.82, 2.24) is 15.6 Å². The average Bonchev–Trinajstić information content (AvgIpc) is 3.19. The molecule has 5 nitrogen and oxygen atoms in total. The summed E-state index contributed by atoms with van der Waals surface area (Å²) >= 11 is 1.36. The topological polar surface area (TPSA) is 67.2 Å². The summed E-state index contributed by atoms with van der Waals surface area (Å²) in [5.41, 5.74) is 0. The van der Waals surface area contributed by atoms with E-state index in [-0.39, 0.29) is 5.91 Å². The molecule has 0 spiro atoms. The highest BCUT2D eigenvalue weighted by Gasteiger charge is 2.15. The molecular weight excluding hydrogens is 286 g/mol.